The van der Waals surface area contributed by atoms with Crippen LogP contribution >= 0.6 is 0 Å². The van der Waals surface area contributed by atoms with Crippen molar-refractivity contribution in [1.29, 1.82) is 0 Å². The molecule has 0 N–H and O–H groups in total. The molecule has 2 atom stereocenters. The third-order valence-corrected chi connectivity index (χ3v) is 34.5. The molecule has 0 aromatic heterocycles. The maximum atomic E-state index is 2.76. The normalized spacial score (nSPS) is 20.9. The molecule has 0 saturated carbocycles. The second-order valence-corrected chi connectivity index (χ2v) is 29.0. The molecule has 0 spiro atoms. The Morgan fingerprint density at radius 2 is 1.00 bits per heavy atom. The molecule has 31 heavy (non-hydrogen) atoms. The van der Waals surface area contributed by atoms with Gasteiger partial charge in [0.1, 0.15) is 0 Å². The van der Waals surface area contributed by atoms with E-state index in [9.17, 15) is 0 Å². The van der Waals surface area contributed by atoms with Gasteiger partial charge in [0.05, 0.1) is 0 Å². The number of hydrogen-bond donors (Lipinski definition) is 0. The SMILES string of the molecule is CCC1=Cc2ccccc2[CH]1[Ti]([CH3])([CH3])[C](C)(C)[Ti]([CH3])([CH3])[CH]1C(CC)=Cc2ccccc21. The summed E-state index contributed by atoms with van der Waals surface area (Å²) in [6.45, 7) is 10.1. The predicted octanol–water partition coefficient (Wildman–Crippen LogP) is 9.74. The first-order chi connectivity index (χ1) is 14.6. The van der Waals surface area contributed by atoms with E-state index in [-0.39, 0.29) is 0 Å². The van der Waals surface area contributed by atoms with Crippen molar-refractivity contribution >= 4 is 12.2 Å². The molecule has 0 aliphatic heterocycles. The molecule has 0 radical (unpaired) electrons. The molecule has 0 nitrogen and oxygen atoms in total. The van der Waals surface area contributed by atoms with Gasteiger partial charge in [0.2, 0.25) is 0 Å². The molecule has 0 heterocycles. The van der Waals surface area contributed by atoms with Gasteiger partial charge in [-0.3, -0.25) is 0 Å². The van der Waals surface area contributed by atoms with Crippen LogP contribution in [0.2, 0.25) is 22.9 Å². The second-order valence-electron chi connectivity index (χ2n) is 11.3. The van der Waals surface area contributed by atoms with Crippen LogP contribution < -0.4 is 0 Å². The minimum atomic E-state index is -2.37. The standard InChI is InChI=1S/2C11H11.C3H6.4CH3.2Ti/c2*1-2-9-7-10-5-3-4-6-11(10)8-9;1-3-2;;;;;;/h2*3-8H,2H2,1H3;1-2H3;4*1H3;;. The molecule has 2 aromatic rings. The predicted molar refractivity (Wildman–Crippen MR) is 132 cm³/mol. The average Bonchev–Trinajstić information content (AvgIpc) is 3.31. The van der Waals surface area contributed by atoms with Crippen molar-refractivity contribution in [2.75, 3.05) is 0 Å². The Bertz CT molecular complexity index is 968. The zero-order valence-electron chi connectivity index (χ0n) is 20.8. The maximum absolute atomic E-state index is 2.76. The minimum absolute atomic E-state index is 0.465. The molecule has 2 heteroatoms. The number of rotatable bonds is 6. The van der Waals surface area contributed by atoms with Crippen molar-refractivity contribution in [3.8, 4) is 0 Å². The van der Waals surface area contributed by atoms with Crippen LogP contribution in [-0.2, 0) is 33.2 Å². The summed E-state index contributed by atoms with van der Waals surface area (Å²) in [5, 5.41) is 11.1. The molecule has 0 bridgehead atoms. The molecule has 2 aliphatic rings. The average molecular weight is 484 g/mol. The first kappa shape index (κ1) is 23.5. The molecule has 2 unspecified atom stereocenters. The number of fused-ring (bicyclic) bond motifs is 2. The van der Waals surface area contributed by atoms with Crippen LogP contribution in [0.5, 0.6) is 0 Å². The van der Waals surface area contributed by atoms with Gasteiger partial charge in [-0.15, -0.1) is 0 Å². The summed E-state index contributed by atoms with van der Waals surface area (Å²) in [6, 6.07) is 18.5. The Labute approximate surface area is 198 Å². The zero-order valence-corrected chi connectivity index (χ0v) is 24.0. The Morgan fingerprint density at radius 3 is 1.35 bits per heavy atom. The monoisotopic (exact) mass is 484 g/mol. The van der Waals surface area contributed by atoms with Crippen LogP contribution in [-0.4, -0.2) is 0 Å². The van der Waals surface area contributed by atoms with Gasteiger partial charge in [0.15, 0.2) is 0 Å². The third kappa shape index (κ3) is 3.49. The zero-order chi connectivity index (χ0) is 22.6. The van der Waals surface area contributed by atoms with Crippen LogP contribution in [0.15, 0.2) is 59.7 Å². The summed E-state index contributed by atoms with van der Waals surface area (Å²) in [7, 11) is 0. The molecule has 2 aromatic carbocycles. The van der Waals surface area contributed by atoms with E-state index in [1.165, 1.54) is 24.0 Å². The Kier molecular flexibility index (Phi) is 6.28. The number of benzene rings is 2. The van der Waals surface area contributed by atoms with E-state index < -0.39 is 33.2 Å². The second kappa shape index (κ2) is 8.29. The Balaban J connectivity index is 1.82. The van der Waals surface area contributed by atoms with Crippen molar-refractivity contribution < 1.29 is 33.2 Å². The summed E-state index contributed by atoms with van der Waals surface area (Å²) in [5.74, 6) is 0. The van der Waals surface area contributed by atoms with Crippen LogP contribution in [0.4, 0.5) is 0 Å². The molecular weight excluding hydrogens is 444 g/mol. The topological polar surface area (TPSA) is 0 Å². The first-order valence-corrected chi connectivity index (χ1v) is 21.8. The van der Waals surface area contributed by atoms with E-state index in [1.54, 1.807) is 22.3 Å². The summed E-state index contributed by atoms with van der Waals surface area (Å²) in [5.41, 5.74) is 9.66. The summed E-state index contributed by atoms with van der Waals surface area (Å²) in [6.07, 6.45) is 7.43. The summed E-state index contributed by atoms with van der Waals surface area (Å²) >= 11 is -4.75. The summed E-state index contributed by atoms with van der Waals surface area (Å²) in [4.78, 5) is 0. The van der Waals surface area contributed by atoms with E-state index in [0.29, 0.717) is 10.5 Å². The van der Waals surface area contributed by atoms with Gasteiger partial charge in [-0.05, 0) is 0 Å². The van der Waals surface area contributed by atoms with Crippen LogP contribution in [0.1, 0.15) is 71.2 Å². The van der Waals surface area contributed by atoms with Gasteiger partial charge in [-0.2, -0.15) is 0 Å². The Hall–Kier alpha value is -0.651. The molecule has 164 valence electrons. The fraction of sp³-hybridized carbons (Fsp3) is 0.448. The van der Waals surface area contributed by atoms with Crippen LogP contribution in [0, 0.1) is 0 Å². The van der Waals surface area contributed by atoms with E-state index in [2.05, 4.69) is 109 Å². The molecule has 0 fully saturated rings. The van der Waals surface area contributed by atoms with Crippen LogP contribution in [0.3, 0.4) is 0 Å². The van der Waals surface area contributed by atoms with Crippen LogP contribution in [0.25, 0.3) is 12.2 Å². The van der Waals surface area contributed by atoms with Gasteiger partial charge < -0.3 is 0 Å². The molecule has 2 aliphatic carbocycles. The molecule has 0 saturated heterocycles. The van der Waals surface area contributed by atoms with Crippen molar-refractivity contribution in [1.82, 2.24) is 0 Å². The van der Waals surface area contributed by atoms with Crippen molar-refractivity contribution in [3.05, 3.63) is 81.9 Å². The summed E-state index contributed by atoms with van der Waals surface area (Å²) < 4.78 is 1.87. The number of allylic oxidation sites excluding steroid dienone is 2. The molecule has 4 rings (SSSR count). The van der Waals surface area contributed by atoms with E-state index >= 15 is 0 Å². The van der Waals surface area contributed by atoms with Gasteiger partial charge in [-0.1, -0.05) is 0 Å². The van der Waals surface area contributed by atoms with Crippen molar-refractivity contribution in [3.63, 3.8) is 0 Å². The van der Waals surface area contributed by atoms with E-state index in [4.69, 9.17) is 0 Å². The van der Waals surface area contributed by atoms with E-state index in [1.807, 2.05) is 0 Å². The quantitative estimate of drug-likeness (QED) is 0.358. The van der Waals surface area contributed by atoms with Gasteiger partial charge in [-0.25, -0.2) is 0 Å². The van der Waals surface area contributed by atoms with Gasteiger partial charge >= 0.3 is 199 Å². The fourth-order valence-electron chi connectivity index (χ4n) is 6.64. The molecule has 0 amide bonds. The first-order valence-electron chi connectivity index (χ1n) is 12.2. The van der Waals surface area contributed by atoms with Crippen molar-refractivity contribution in [2.24, 2.45) is 0 Å². The number of hydrogen-bond acceptors (Lipinski definition) is 0. The third-order valence-electron chi connectivity index (χ3n) is 9.52. The van der Waals surface area contributed by atoms with Gasteiger partial charge in [0.25, 0.3) is 0 Å². The fourth-order valence-corrected chi connectivity index (χ4v) is 31.1. The van der Waals surface area contributed by atoms with E-state index in [0.717, 1.165) is 0 Å². The van der Waals surface area contributed by atoms with Gasteiger partial charge in [0, 0.05) is 0 Å². The molecular formula is C29H40Ti2. The Morgan fingerprint density at radius 1 is 0.645 bits per heavy atom. The van der Waals surface area contributed by atoms with Crippen molar-refractivity contribution in [2.45, 2.75) is 71.9 Å².